The maximum atomic E-state index is 9.26. The number of methoxy groups -OCH3 is 1. The lowest BCUT2D eigenvalue weighted by Gasteiger charge is -2.10. The molecule has 0 spiro atoms. The number of aliphatic hydroxyl groups is 1. The van der Waals surface area contributed by atoms with Gasteiger partial charge in [0.05, 0.1) is 46.2 Å². The van der Waals surface area contributed by atoms with Crippen molar-refractivity contribution in [1.29, 1.82) is 0 Å². The molecule has 0 saturated heterocycles. The van der Waals surface area contributed by atoms with Crippen LogP contribution < -0.4 is 5.32 Å². The van der Waals surface area contributed by atoms with Crippen LogP contribution in [0.5, 0.6) is 0 Å². The predicted octanol–water partition coefficient (Wildman–Crippen LogP) is 1.32. The van der Waals surface area contributed by atoms with Crippen molar-refractivity contribution in [3.05, 3.63) is 0 Å². The van der Waals surface area contributed by atoms with Gasteiger partial charge in [-0.3, -0.25) is 0 Å². The van der Waals surface area contributed by atoms with Crippen LogP contribution in [0, 0.1) is 0 Å². The highest BCUT2D eigenvalue weighted by molar-refractivity contribution is 4.49. The molecule has 2 N–H and O–H groups in total. The molecule has 0 aliphatic rings. The molecule has 0 aliphatic heterocycles. The molecule has 6 heteroatoms. The lowest BCUT2D eigenvalue weighted by Crippen LogP contribution is -2.22. The summed E-state index contributed by atoms with van der Waals surface area (Å²) >= 11 is 0. The van der Waals surface area contributed by atoms with Gasteiger partial charge < -0.3 is 29.4 Å². The molecule has 0 aromatic heterocycles. The molecule has 0 aromatic rings. The van der Waals surface area contributed by atoms with E-state index in [1.807, 2.05) is 34.7 Å². The molecule has 0 amide bonds. The van der Waals surface area contributed by atoms with E-state index in [-0.39, 0.29) is 6.61 Å². The lowest BCUT2D eigenvalue weighted by atomic mass is 10.4. The molecule has 0 fully saturated rings. The fourth-order valence-electron chi connectivity index (χ4n) is 1.07. The standard InChI is InChI=1S/C11H25NO5.2C2H6/c1-12-3-4-15-5-6-16-7-8-17-10-11(13)9-14-2;2*1-2/h11-13H,3-10H2,1-2H3;2*1-2H3. The summed E-state index contributed by atoms with van der Waals surface area (Å²) in [6, 6.07) is 0. The Labute approximate surface area is 131 Å². The zero-order valence-corrected chi connectivity index (χ0v) is 14.8. The molecule has 132 valence electrons. The minimum absolute atomic E-state index is 0.274. The number of hydrogen-bond donors (Lipinski definition) is 2. The van der Waals surface area contributed by atoms with Crippen molar-refractivity contribution in [3.63, 3.8) is 0 Å². The highest BCUT2D eigenvalue weighted by Gasteiger charge is 2.02. The van der Waals surface area contributed by atoms with Crippen LogP contribution in [0.3, 0.4) is 0 Å². The van der Waals surface area contributed by atoms with E-state index in [4.69, 9.17) is 18.9 Å². The van der Waals surface area contributed by atoms with Gasteiger partial charge in [0.2, 0.25) is 0 Å². The summed E-state index contributed by atoms with van der Waals surface area (Å²) in [6.07, 6.45) is -0.565. The molecule has 1 unspecified atom stereocenters. The lowest BCUT2D eigenvalue weighted by molar-refractivity contribution is -0.0289. The van der Waals surface area contributed by atoms with Crippen LogP contribution in [0.2, 0.25) is 0 Å². The minimum atomic E-state index is -0.565. The number of nitrogens with one attached hydrogen (secondary N) is 1. The molecule has 6 nitrogen and oxygen atoms in total. The first-order valence-corrected chi connectivity index (χ1v) is 7.86. The Morgan fingerprint density at radius 2 is 1.29 bits per heavy atom. The summed E-state index contributed by atoms with van der Waals surface area (Å²) in [5.74, 6) is 0. The predicted molar refractivity (Wildman–Crippen MR) is 87.0 cm³/mol. The van der Waals surface area contributed by atoms with Gasteiger partial charge in [0.15, 0.2) is 0 Å². The molecule has 21 heavy (non-hydrogen) atoms. The van der Waals surface area contributed by atoms with Crippen LogP contribution in [-0.4, -0.2) is 78.2 Å². The number of ether oxygens (including phenoxy) is 4. The summed E-state index contributed by atoms with van der Waals surface area (Å²) in [7, 11) is 3.43. The molecule has 0 heterocycles. The van der Waals surface area contributed by atoms with E-state index < -0.39 is 6.10 Å². The zero-order valence-electron chi connectivity index (χ0n) is 14.8. The highest BCUT2D eigenvalue weighted by atomic mass is 16.5. The Kier molecular flexibility index (Phi) is 34.3. The van der Waals surface area contributed by atoms with Gasteiger partial charge in [-0.1, -0.05) is 27.7 Å². The van der Waals surface area contributed by atoms with Crippen LogP contribution in [0.15, 0.2) is 0 Å². The van der Waals surface area contributed by atoms with E-state index in [1.54, 1.807) is 7.11 Å². The molecular formula is C15H37NO5. The quantitative estimate of drug-likeness (QED) is 0.500. The third kappa shape index (κ3) is 28.6. The van der Waals surface area contributed by atoms with Gasteiger partial charge in [-0.25, -0.2) is 0 Å². The van der Waals surface area contributed by atoms with Gasteiger partial charge in [0.25, 0.3) is 0 Å². The molecule has 0 rings (SSSR count). The fraction of sp³-hybridized carbons (Fsp3) is 1.00. The summed E-state index contributed by atoms with van der Waals surface area (Å²) in [5.41, 5.74) is 0. The summed E-state index contributed by atoms with van der Waals surface area (Å²) in [6.45, 7) is 12.2. The largest absolute Gasteiger partial charge is 0.388 e. The van der Waals surface area contributed by atoms with E-state index in [0.717, 1.165) is 6.54 Å². The fourth-order valence-corrected chi connectivity index (χ4v) is 1.07. The van der Waals surface area contributed by atoms with Crippen molar-refractivity contribution in [2.45, 2.75) is 33.8 Å². The second kappa shape index (κ2) is 28.0. The van der Waals surface area contributed by atoms with Crippen molar-refractivity contribution in [3.8, 4) is 0 Å². The van der Waals surface area contributed by atoms with Gasteiger partial charge in [0.1, 0.15) is 6.10 Å². The Balaban J connectivity index is -0.000000739. The topological polar surface area (TPSA) is 69.2 Å². The third-order valence-electron chi connectivity index (χ3n) is 1.91. The van der Waals surface area contributed by atoms with E-state index in [0.29, 0.717) is 39.6 Å². The number of rotatable bonds is 13. The van der Waals surface area contributed by atoms with Crippen LogP contribution in [0.1, 0.15) is 27.7 Å². The maximum absolute atomic E-state index is 9.26. The van der Waals surface area contributed by atoms with Gasteiger partial charge in [-0.15, -0.1) is 0 Å². The first-order valence-electron chi connectivity index (χ1n) is 7.86. The van der Waals surface area contributed by atoms with Crippen molar-refractivity contribution >= 4 is 0 Å². The Morgan fingerprint density at radius 3 is 1.76 bits per heavy atom. The molecule has 0 saturated carbocycles. The minimum Gasteiger partial charge on any atom is -0.388 e. The van der Waals surface area contributed by atoms with Crippen LogP contribution in [0.25, 0.3) is 0 Å². The van der Waals surface area contributed by atoms with Crippen molar-refractivity contribution in [1.82, 2.24) is 5.32 Å². The van der Waals surface area contributed by atoms with E-state index >= 15 is 0 Å². The third-order valence-corrected chi connectivity index (χ3v) is 1.91. The summed E-state index contributed by atoms with van der Waals surface area (Å²) in [5, 5.41) is 12.2. The second-order valence-corrected chi connectivity index (χ2v) is 3.51. The van der Waals surface area contributed by atoms with Crippen LogP contribution in [0.4, 0.5) is 0 Å². The summed E-state index contributed by atoms with van der Waals surface area (Å²) in [4.78, 5) is 0. The molecule has 0 aliphatic carbocycles. The molecule has 0 aromatic carbocycles. The summed E-state index contributed by atoms with van der Waals surface area (Å²) < 4.78 is 20.5. The van der Waals surface area contributed by atoms with E-state index in [2.05, 4.69) is 5.32 Å². The number of hydrogen-bond acceptors (Lipinski definition) is 6. The maximum Gasteiger partial charge on any atom is 0.101 e. The van der Waals surface area contributed by atoms with Gasteiger partial charge in [-0.05, 0) is 7.05 Å². The first-order chi connectivity index (χ1) is 10.3. The van der Waals surface area contributed by atoms with Crippen molar-refractivity contribution in [2.24, 2.45) is 0 Å². The molecule has 0 radical (unpaired) electrons. The Morgan fingerprint density at radius 1 is 0.810 bits per heavy atom. The number of aliphatic hydroxyl groups excluding tert-OH is 1. The normalized spacial score (nSPS) is 11.0. The average molecular weight is 311 g/mol. The van der Waals surface area contributed by atoms with E-state index in [1.165, 1.54) is 0 Å². The van der Waals surface area contributed by atoms with Gasteiger partial charge in [0, 0.05) is 13.7 Å². The number of likely N-dealkylation sites (N-methyl/N-ethyl adjacent to an activating group) is 1. The van der Waals surface area contributed by atoms with Crippen molar-refractivity contribution in [2.75, 3.05) is 67.0 Å². The van der Waals surface area contributed by atoms with Crippen LogP contribution in [-0.2, 0) is 18.9 Å². The van der Waals surface area contributed by atoms with Gasteiger partial charge in [-0.2, -0.15) is 0 Å². The van der Waals surface area contributed by atoms with E-state index in [9.17, 15) is 5.11 Å². The Hall–Kier alpha value is -0.240. The molecule has 0 bridgehead atoms. The Bertz CT molecular complexity index is 150. The molecular weight excluding hydrogens is 274 g/mol. The zero-order chi connectivity index (χ0) is 16.8. The van der Waals surface area contributed by atoms with Crippen molar-refractivity contribution < 1.29 is 24.1 Å². The SMILES string of the molecule is CC.CC.CNCCOCCOCCOCC(O)COC. The first kappa shape index (κ1) is 25.7. The monoisotopic (exact) mass is 311 g/mol. The van der Waals surface area contributed by atoms with Crippen LogP contribution >= 0.6 is 0 Å². The highest BCUT2D eigenvalue weighted by Crippen LogP contribution is 1.87. The smallest absolute Gasteiger partial charge is 0.101 e. The second-order valence-electron chi connectivity index (χ2n) is 3.51. The molecule has 1 atom stereocenters. The average Bonchev–Trinajstić information content (AvgIpc) is 2.53. The van der Waals surface area contributed by atoms with Gasteiger partial charge >= 0.3 is 0 Å².